The molecule has 0 radical (unpaired) electrons. The summed E-state index contributed by atoms with van der Waals surface area (Å²) in [5.41, 5.74) is 7.13. The molecule has 0 heterocycles. The zero-order chi connectivity index (χ0) is 15.8. The first-order valence-corrected chi connectivity index (χ1v) is 8.40. The third kappa shape index (κ3) is 4.55. The Morgan fingerprint density at radius 1 is 1.23 bits per heavy atom. The lowest BCUT2D eigenvalue weighted by molar-refractivity contribution is -0.0669. The molecular weight excluding hydrogens is 276 g/mol. The van der Waals surface area contributed by atoms with Crippen LogP contribution in [0.4, 0.5) is 0 Å². The summed E-state index contributed by atoms with van der Waals surface area (Å²) in [6, 6.07) is 7.47. The van der Waals surface area contributed by atoms with Gasteiger partial charge in [-0.25, -0.2) is 0 Å². The van der Waals surface area contributed by atoms with Gasteiger partial charge in [-0.1, -0.05) is 38.3 Å². The molecule has 122 valence electrons. The molecule has 1 aromatic carbocycles. The second-order valence-electron chi connectivity index (χ2n) is 6.18. The van der Waals surface area contributed by atoms with E-state index in [1.54, 1.807) is 0 Å². The van der Waals surface area contributed by atoms with Gasteiger partial charge in [-0.05, 0) is 37.0 Å². The molecule has 0 atom stereocenters. The van der Waals surface area contributed by atoms with Crippen LogP contribution in [-0.4, -0.2) is 24.7 Å². The SMILES string of the molecule is CCCOC1(CNC(=O)c2ccc(CN)cc2)CCCCC1. The highest BCUT2D eigenvalue weighted by Gasteiger charge is 2.33. The largest absolute Gasteiger partial charge is 0.373 e. The first-order valence-electron chi connectivity index (χ1n) is 8.40. The Hall–Kier alpha value is -1.39. The average Bonchev–Trinajstić information content (AvgIpc) is 2.59. The molecule has 1 fully saturated rings. The van der Waals surface area contributed by atoms with E-state index in [2.05, 4.69) is 12.2 Å². The van der Waals surface area contributed by atoms with Crippen LogP contribution in [0.1, 0.15) is 61.4 Å². The lowest BCUT2D eigenvalue weighted by Crippen LogP contribution is -2.46. The summed E-state index contributed by atoms with van der Waals surface area (Å²) in [5.74, 6) is -0.0337. The molecule has 4 heteroatoms. The quantitative estimate of drug-likeness (QED) is 0.814. The van der Waals surface area contributed by atoms with E-state index >= 15 is 0 Å². The maximum absolute atomic E-state index is 12.3. The third-order valence-electron chi connectivity index (χ3n) is 4.40. The summed E-state index contributed by atoms with van der Waals surface area (Å²) in [7, 11) is 0. The van der Waals surface area contributed by atoms with E-state index in [0.29, 0.717) is 18.7 Å². The zero-order valence-corrected chi connectivity index (χ0v) is 13.6. The van der Waals surface area contributed by atoms with Crippen molar-refractivity contribution in [1.82, 2.24) is 5.32 Å². The van der Waals surface area contributed by atoms with Gasteiger partial charge in [-0.3, -0.25) is 4.79 Å². The minimum Gasteiger partial charge on any atom is -0.373 e. The van der Waals surface area contributed by atoms with Crippen LogP contribution in [-0.2, 0) is 11.3 Å². The van der Waals surface area contributed by atoms with Crippen LogP contribution in [0.25, 0.3) is 0 Å². The van der Waals surface area contributed by atoms with Crippen LogP contribution in [0.5, 0.6) is 0 Å². The first kappa shape index (κ1) is 17.0. The molecule has 0 aliphatic heterocycles. The molecule has 1 aliphatic rings. The molecule has 4 nitrogen and oxygen atoms in total. The molecular formula is C18H28N2O2. The van der Waals surface area contributed by atoms with Gasteiger partial charge in [0.1, 0.15) is 0 Å². The van der Waals surface area contributed by atoms with Crippen molar-refractivity contribution >= 4 is 5.91 Å². The van der Waals surface area contributed by atoms with Gasteiger partial charge < -0.3 is 15.8 Å². The van der Waals surface area contributed by atoms with E-state index < -0.39 is 0 Å². The summed E-state index contributed by atoms with van der Waals surface area (Å²) in [6.45, 7) is 3.98. The van der Waals surface area contributed by atoms with E-state index in [1.165, 1.54) is 19.3 Å². The van der Waals surface area contributed by atoms with E-state index in [0.717, 1.165) is 31.4 Å². The number of amides is 1. The molecule has 0 unspecified atom stereocenters. The molecule has 1 aliphatic carbocycles. The van der Waals surface area contributed by atoms with Crippen molar-refractivity contribution in [2.75, 3.05) is 13.2 Å². The summed E-state index contributed by atoms with van der Waals surface area (Å²) in [5, 5.41) is 3.06. The third-order valence-corrected chi connectivity index (χ3v) is 4.40. The minimum absolute atomic E-state index is 0.0337. The van der Waals surface area contributed by atoms with Crippen molar-refractivity contribution in [3.05, 3.63) is 35.4 Å². The summed E-state index contributed by atoms with van der Waals surface area (Å²) < 4.78 is 6.11. The van der Waals surface area contributed by atoms with E-state index in [-0.39, 0.29) is 11.5 Å². The second-order valence-corrected chi connectivity index (χ2v) is 6.18. The number of carbonyl (C=O) groups excluding carboxylic acids is 1. The number of hydrogen-bond acceptors (Lipinski definition) is 3. The van der Waals surface area contributed by atoms with Crippen molar-refractivity contribution in [3.8, 4) is 0 Å². The highest BCUT2D eigenvalue weighted by Crippen LogP contribution is 2.31. The maximum atomic E-state index is 12.3. The van der Waals surface area contributed by atoms with Gasteiger partial charge in [-0.2, -0.15) is 0 Å². The Balaban J connectivity index is 1.93. The van der Waals surface area contributed by atoms with Gasteiger partial charge in [0.25, 0.3) is 5.91 Å². The van der Waals surface area contributed by atoms with Crippen LogP contribution in [0.3, 0.4) is 0 Å². The monoisotopic (exact) mass is 304 g/mol. The first-order chi connectivity index (χ1) is 10.7. The lowest BCUT2D eigenvalue weighted by atomic mass is 9.84. The molecule has 22 heavy (non-hydrogen) atoms. The zero-order valence-electron chi connectivity index (χ0n) is 13.6. The van der Waals surface area contributed by atoms with Crippen LogP contribution >= 0.6 is 0 Å². The van der Waals surface area contributed by atoms with Gasteiger partial charge in [-0.15, -0.1) is 0 Å². The second kappa shape index (κ2) is 8.30. The van der Waals surface area contributed by atoms with Crippen LogP contribution in [0.15, 0.2) is 24.3 Å². The Morgan fingerprint density at radius 2 is 1.91 bits per heavy atom. The molecule has 0 spiro atoms. The predicted molar refractivity (Wildman–Crippen MR) is 88.7 cm³/mol. The summed E-state index contributed by atoms with van der Waals surface area (Å²) in [6.07, 6.45) is 6.73. The molecule has 3 N–H and O–H groups in total. The lowest BCUT2D eigenvalue weighted by Gasteiger charge is -2.37. The standard InChI is InChI=1S/C18H28N2O2/c1-2-12-22-18(10-4-3-5-11-18)14-20-17(21)16-8-6-15(13-19)7-9-16/h6-9H,2-5,10-14,19H2,1H3,(H,20,21). The van der Waals surface area contributed by atoms with Gasteiger partial charge in [0.15, 0.2) is 0 Å². The fraction of sp³-hybridized carbons (Fsp3) is 0.611. The molecule has 1 saturated carbocycles. The molecule has 1 aromatic rings. The summed E-state index contributed by atoms with van der Waals surface area (Å²) in [4.78, 5) is 12.3. The Morgan fingerprint density at radius 3 is 2.50 bits per heavy atom. The van der Waals surface area contributed by atoms with Gasteiger partial charge in [0, 0.05) is 25.3 Å². The van der Waals surface area contributed by atoms with Gasteiger partial charge in [0.2, 0.25) is 0 Å². The Kier molecular flexibility index (Phi) is 6.40. The highest BCUT2D eigenvalue weighted by atomic mass is 16.5. The van der Waals surface area contributed by atoms with E-state index in [1.807, 2.05) is 24.3 Å². The number of rotatable bonds is 7. The van der Waals surface area contributed by atoms with Crippen molar-refractivity contribution in [2.24, 2.45) is 5.73 Å². The number of nitrogens with one attached hydrogen (secondary N) is 1. The number of benzene rings is 1. The minimum atomic E-state index is -0.166. The van der Waals surface area contributed by atoms with E-state index in [4.69, 9.17) is 10.5 Å². The van der Waals surface area contributed by atoms with Crippen molar-refractivity contribution in [1.29, 1.82) is 0 Å². The molecule has 0 aromatic heterocycles. The predicted octanol–water partition coefficient (Wildman–Crippen LogP) is 3.00. The van der Waals surface area contributed by atoms with Gasteiger partial charge >= 0.3 is 0 Å². The fourth-order valence-corrected chi connectivity index (χ4v) is 3.02. The Bertz CT molecular complexity index is 464. The average molecular weight is 304 g/mol. The van der Waals surface area contributed by atoms with Crippen LogP contribution in [0, 0.1) is 0 Å². The fourth-order valence-electron chi connectivity index (χ4n) is 3.02. The van der Waals surface area contributed by atoms with Gasteiger partial charge in [0.05, 0.1) is 5.60 Å². The number of nitrogens with two attached hydrogens (primary N) is 1. The molecule has 0 bridgehead atoms. The number of carbonyl (C=O) groups is 1. The number of ether oxygens (including phenoxy) is 1. The number of hydrogen-bond donors (Lipinski definition) is 2. The topological polar surface area (TPSA) is 64.3 Å². The maximum Gasteiger partial charge on any atom is 0.251 e. The van der Waals surface area contributed by atoms with Crippen molar-refractivity contribution in [3.63, 3.8) is 0 Å². The smallest absolute Gasteiger partial charge is 0.251 e. The normalized spacial score (nSPS) is 17.2. The molecule has 1 amide bonds. The molecule has 0 saturated heterocycles. The van der Waals surface area contributed by atoms with Crippen LogP contribution in [0.2, 0.25) is 0 Å². The molecule has 2 rings (SSSR count). The Labute approximate surface area is 133 Å². The summed E-state index contributed by atoms with van der Waals surface area (Å²) >= 11 is 0. The van der Waals surface area contributed by atoms with Crippen LogP contribution < -0.4 is 11.1 Å². The highest BCUT2D eigenvalue weighted by molar-refractivity contribution is 5.94. The van der Waals surface area contributed by atoms with Crippen molar-refractivity contribution < 1.29 is 9.53 Å². The van der Waals surface area contributed by atoms with Crippen molar-refractivity contribution in [2.45, 2.75) is 57.6 Å². The van der Waals surface area contributed by atoms with E-state index in [9.17, 15) is 4.79 Å².